The van der Waals surface area contributed by atoms with Gasteiger partial charge in [-0.3, -0.25) is 0 Å². The number of anilines is 1. The second-order valence-electron chi connectivity index (χ2n) is 5.02. The maximum absolute atomic E-state index is 10.1. The molecule has 1 fully saturated rings. The number of aromatic nitrogens is 4. The van der Waals surface area contributed by atoms with Crippen LogP contribution in [-0.4, -0.2) is 60.7 Å². The number of fused-ring (bicyclic) bond motifs is 1. The quantitative estimate of drug-likeness (QED) is 0.578. The maximum atomic E-state index is 10.1. The van der Waals surface area contributed by atoms with E-state index in [9.17, 15) is 15.3 Å². The van der Waals surface area contributed by atoms with Crippen LogP contribution in [0.1, 0.15) is 12.5 Å². The van der Waals surface area contributed by atoms with Gasteiger partial charge in [-0.15, -0.1) is 0 Å². The lowest BCUT2D eigenvalue weighted by atomic mass is 10.1. The molecule has 0 amide bonds. The fourth-order valence-corrected chi connectivity index (χ4v) is 2.83. The normalized spacial score (nSPS) is 30.0. The molecule has 3 rings (SSSR count). The van der Waals surface area contributed by atoms with Gasteiger partial charge in [-0.1, -0.05) is 0 Å². The van der Waals surface area contributed by atoms with Crippen LogP contribution in [0.4, 0.5) is 5.82 Å². The first kappa shape index (κ1) is 13.2. The number of hydrogen-bond acceptors (Lipinski definition) is 7. The van der Waals surface area contributed by atoms with Crippen molar-refractivity contribution < 1.29 is 15.3 Å². The highest BCUT2D eigenvalue weighted by Gasteiger charge is 2.42. The van der Waals surface area contributed by atoms with Gasteiger partial charge >= 0.3 is 0 Å². The zero-order valence-electron chi connectivity index (χ0n) is 11.0. The van der Waals surface area contributed by atoms with E-state index >= 15 is 0 Å². The molecule has 1 aliphatic rings. The summed E-state index contributed by atoms with van der Waals surface area (Å²) in [6.07, 6.45) is 1.60. The average molecular weight is 279 g/mol. The minimum atomic E-state index is -0.947. The van der Waals surface area contributed by atoms with Gasteiger partial charge in [-0.25, -0.2) is 15.0 Å². The number of aliphatic hydroxyl groups is 3. The van der Waals surface area contributed by atoms with Crippen molar-refractivity contribution in [2.45, 2.75) is 24.7 Å². The van der Waals surface area contributed by atoms with Crippen LogP contribution in [-0.2, 0) is 0 Å². The topological polar surface area (TPSA) is 116 Å². The first-order chi connectivity index (χ1) is 9.67. The fraction of sp³-hybridized carbons (Fsp3) is 0.583. The number of hydrogen-bond donors (Lipinski definition) is 4. The standard InChI is InChI=1S/C12H17N5O3/c1-13-11-8-12(15-4-14-11)17(5-16-8)7-2-6(3-18)9(19)10(7)20/h4-7,9-10,18-20H,2-3H2,1H3,(H,13,14,15)/t6-,7-,9?,10?/m1/s1. The van der Waals surface area contributed by atoms with E-state index in [4.69, 9.17) is 0 Å². The van der Waals surface area contributed by atoms with E-state index in [1.165, 1.54) is 6.33 Å². The summed E-state index contributed by atoms with van der Waals surface area (Å²) >= 11 is 0. The highest BCUT2D eigenvalue weighted by atomic mass is 16.3. The van der Waals surface area contributed by atoms with Crippen LogP contribution >= 0.6 is 0 Å². The second kappa shape index (κ2) is 4.97. The van der Waals surface area contributed by atoms with E-state index < -0.39 is 12.2 Å². The van der Waals surface area contributed by atoms with Gasteiger partial charge in [0, 0.05) is 19.6 Å². The lowest BCUT2D eigenvalue weighted by molar-refractivity contribution is -0.00370. The maximum Gasteiger partial charge on any atom is 0.165 e. The Kier molecular flexibility index (Phi) is 3.28. The summed E-state index contributed by atoms with van der Waals surface area (Å²) in [5.74, 6) is 0.276. The molecule has 4 N–H and O–H groups in total. The number of rotatable bonds is 3. The van der Waals surface area contributed by atoms with Gasteiger partial charge in [0.1, 0.15) is 17.9 Å². The van der Waals surface area contributed by atoms with Crippen LogP contribution in [0.2, 0.25) is 0 Å². The van der Waals surface area contributed by atoms with Gasteiger partial charge < -0.3 is 25.2 Å². The van der Waals surface area contributed by atoms with Crippen molar-refractivity contribution >= 4 is 17.0 Å². The summed E-state index contributed by atoms with van der Waals surface area (Å²) in [6, 6.07) is -0.355. The fourth-order valence-electron chi connectivity index (χ4n) is 2.83. The second-order valence-corrected chi connectivity index (χ2v) is 5.02. The van der Waals surface area contributed by atoms with E-state index in [0.717, 1.165) is 0 Å². The molecule has 2 aromatic heterocycles. The summed E-state index contributed by atoms with van der Waals surface area (Å²) in [6.45, 7) is -0.155. The molecule has 2 heterocycles. The Labute approximate surface area is 115 Å². The molecule has 0 bridgehead atoms. The third kappa shape index (κ3) is 1.84. The van der Waals surface area contributed by atoms with Crippen LogP contribution in [0.15, 0.2) is 12.7 Å². The summed E-state index contributed by atoms with van der Waals surface area (Å²) in [5, 5.41) is 32.2. The molecule has 1 saturated carbocycles. The molecule has 8 heteroatoms. The van der Waals surface area contributed by atoms with E-state index in [1.54, 1.807) is 17.9 Å². The molecule has 8 nitrogen and oxygen atoms in total. The number of nitrogens with one attached hydrogen (secondary N) is 1. The molecule has 0 radical (unpaired) electrons. The SMILES string of the molecule is CNc1ncnc2c1ncn2[C@@H]1C[C@H](CO)C(O)C1O. The molecule has 20 heavy (non-hydrogen) atoms. The van der Waals surface area contributed by atoms with Gasteiger partial charge in [-0.05, 0) is 6.42 Å². The van der Waals surface area contributed by atoms with Crippen LogP contribution in [0.3, 0.4) is 0 Å². The first-order valence-electron chi connectivity index (χ1n) is 6.49. The molecule has 108 valence electrons. The highest BCUT2D eigenvalue weighted by Crippen LogP contribution is 2.36. The van der Waals surface area contributed by atoms with Crippen molar-refractivity contribution in [2.75, 3.05) is 19.0 Å². The Morgan fingerprint density at radius 2 is 2.10 bits per heavy atom. The lowest BCUT2D eigenvalue weighted by Gasteiger charge is -2.18. The molecule has 2 aromatic rings. The average Bonchev–Trinajstić information content (AvgIpc) is 3.01. The Morgan fingerprint density at radius 1 is 1.30 bits per heavy atom. The largest absolute Gasteiger partial charge is 0.396 e. The van der Waals surface area contributed by atoms with Gasteiger partial charge in [0.2, 0.25) is 0 Å². The predicted molar refractivity (Wildman–Crippen MR) is 71.1 cm³/mol. The molecular formula is C12H17N5O3. The van der Waals surface area contributed by atoms with Gasteiger partial charge in [0.05, 0.1) is 18.5 Å². The number of aliphatic hydroxyl groups excluding tert-OH is 3. The van der Waals surface area contributed by atoms with E-state index in [2.05, 4.69) is 20.3 Å². The molecule has 1 aliphatic carbocycles. The molecule has 0 spiro atoms. The van der Waals surface area contributed by atoms with Crippen molar-refractivity contribution in [2.24, 2.45) is 5.92 Å². The van der Waals surface area contributed by atoms with Crippen molar-refractivity contribution in [1.82, 2.24) is 19.5 Å². The van der Waals surface area contributed by atoms with Crippen molar-refractivity contribution in [3.05, 3.63) is 12.7 Å². The number of nitrogens with zero attached hydrogens (tertiary/aromatic N) is 4. The number of imidazole rings is 1. The van der Waals surface area contributed by atoms with Crippen molar-refractivity contribution in [3.63, 3.8) is 0 Å². The molecule has 0 aromatic carbocycles. The summed E-state index contributed by atoms with van der Waals surface area (Å²) in [7, 11) is 1.75. The zero-order chi connectivity index (χ0) is 14.3. The lowest BCUT2D eigenvalue weighted by Crippen LogP contribution is -2.30. The molecular weight excluding hydrogens is 262 g/mol. The summed E-state index contributed by atoms with van der Waals surface area (Å²) in [4.78, 5) is 12.5. The predicted octanol–water partition coefficient (Wildman–Crippen LogP) is -0.857. The van der Waals surface area contributed by atoms with Crippen molar-refractivity contribution in [3.8, 4) is 0 Å². The molecule has 4 atom stereocenters. The third-order valence-electron chi connectivity index (χ3n) is 3.96. The minimum absolute atomic E-state index is 0.155. The molecule has 0 aliphatic heterocycles. The van der Waals surface area contributed by atoms with Gasteiger partial charge in [0.25, 0.3) is 0 Å². The molecule has 0 saturated heterocycles. The van der Waals surface area contributed by atoms with Crippen LogP contribution in [0, 0.1) is 5.92 Å². The first-order valence-corrected chi connectivity index (χ1v) is 6.49. The Hall–Kier alpha value is -1.77. The van der Waals surface area contributed by atoms with Crippen molar-refractivity contribution in [1.29, 1.82) is 0 Å². The van der Waals surface area contributed by atoms with E-state index in [-0.39, 0.29) is 18.6 Å². The Balaban J connectivity index is 2.03. The Bertz CT molecular complexity index is 616. The highest BCUT2D eigenvalue weighted by molar-refractivity contribution is 5.82. The van der Waals surface area contributed by atoms with E-state index in [1.807, 2.05) is 0 Å². The monoisotopic (exact) mass is 279 g/mol. The smallest absolute Gasteiger partial charge is 0.165 e. The summed E-state index contributed by atoms with van der Waals surface area (Å²) in [5.41, 5.74) is 1.21. The van der Waals surface area contributed by atoms with Gasteiger partial charge in [-0.2, -0.15) is 0 Å². The van der Waals surface area contributed by atoms with E-state index in [0.29, 0.717) is 23.4 Å². The summed E-state index contributed by atoms with van der Waals surface area (Å²) < 4.78 is 1.74. The Morgan fingerprint density at radius 3 is 2.75 bits per heavy atom. The third-order valence-corrected chi connectivity index (χ3v) is 3.96. The minimum Gasteiger partial charge on any atom is -0.396 e. The van der Waals surface area contributed by atoms with Gasteiger partial charge in [0.15, 0.2) is 11.5 Å². The zero-order valence-corrected chi connectivity index (χ0v) is 11.0. The van der Waals surface area contributed by atoms with Crippen LogP contribution in [0.5, 0.6) is 0 Å². The van der Waals surface area contributed by atoms with Crippen LogP contribution in [0.25, 0.3) is 11.2 Å². The van der Waals surface area contributed by atoms with Crippen LogP contribution < -0.4 is 5.32 Å². The molecule has 2 unspecified atom stereocenters.